The summed E-state index contributed by atoms with van der Waals surface area (Å²) in [4.78, 5) is 24.6. The van der Waals surface area contributed by atoms with Gasteiger partial charge in [-0.15, -0.1) is 0 Å². The number of nitrogens with one attached hydrogen (secondary N) is 2. The Kier molecular flexibility index (Phi) is 10.0. The molecule has 0 aliphatic heterocycles. The Morgan fingerprint density at radius 2 is 1.57 bits per heavy atom. The van der Waals surface area contributed by atoms with Crippen molar-refractivity contribution in [1.82, 2.24) is 0 Å². The smallest absolute Gasteiger partial charge is 0.412 e. The molecule has 3 aromatic rings. The van der Waals surface area contributed by atoms with Gasteiger partial charge in [-0.25, -0.2) is 18.0 Å². The van der Waals surface area contributed by atoms with Crippen LogP contribution < -0.4 is 19.5 Å². The Labute approximate surface area is 234 Å². The Morgan fingerprint density at radius 1 is 0.900 bits per heavy atom. The number of carbonyl (C=O) groups excluding carboxylic acids is 2. The quantitative estimate of drug-likeness (QED) is 0.195. The maximum Gasteiger partial charge on any atom is 0.412 e. The van der Waals surface area contributed by atoms with E-state index in [-0.39, 0.29) is 21.9 Å². The molecule has 0 spiro atoms. The second kappa shape index (κ2) is 13.2. The summed E-state index contributed by atoms with van der Waals surface area (Å²) in [6, 6.07) is 16.9. The van der Waals surface area contributed by atoms with Crippen molar-refractivity contribution in [1.29, 1.82) is 0 Å². The van der Waals surface area contributed by atoms with Gasteiger partial charge in [-0.3, -0.25) is 10.0 Å². The first-order valence-electron chi connectivity index (χ1n) is 12.7. The standard InChI is InChI=1S/C29H34N2O8S/c1-6-7-17-37-21-11-14-24(15-12-21)40(34,35)31-26-16-13-23(19-25(26)27(32)36-5)38-22-10-8-9-20(18-22)30-28(33)39-29(2,3)4/h8-16,18-19,31H,6-7,17H2,1-5H3,(H,30,33). The van der Waals surface area contributed by atoms with E-state index in [4.69, 9.17) is 18.9 Å². The van der Waals surface area contributed by atoms with Gasteiger partial charge in [0.15, 0.2) is 0 Å². The summed E-state index contributed by atoms with van der Waals surface area (Å²) in [6.45, 7) is 7.87. The number of amides is 1. The minimum absolute atomic E-state index is 0.000728. The first-order valence-corrected chi connectivity index (χ1v) is 14.1. The lowest BCUT2D eigenvalue weighted by Crippen LogP contribution is -2.27. The number of sulfonamides is 1. The first-order chi connectivity index (χ1) is 18.9. The second-order valence-corrected chi connectivity index (χ2v) is 11.4. The molecule has 3 aromatic carbocycles. The second-order valence-electron chi connectivity index (χ2n) is 9.73. The number of hydrogen-bond acceptors (Lipinski definition) is 8. The molecule has 11 heteroatoms. The highest BCUT2D eigenvalue weighted by Crippen LogP contribution is 2.30. The van der Waals surface area contributed by atoms with E-state index >= 15 is 0 Å². The van der Waals surface area contributed by atoms with Crippen molar-refractivity contribution in [2.45, 2.75) is 51.0 Å². The van der Waals surface area contributed by atoms with E-state index in [9.17, 15) is 18.0 Å². The van der Waals surface area contributed by atoms with E-state index in [1.54, 1.807) is 57.2 Å². The van der Waals surface area contributed by atoms with Gasteiger partial charge >= 0.3 is 12.1 Å². The van der Waals surface area contributed by atoms with Crippen molar-refractivity contribution in [2.75, 3.05) is 23.8 Å². The number of rotatable bonds is 11. The molecule has 10 nitrogen and oxygen atoms in total. The predicted molar refractivity (Wildman–Crippen MR) is 152 cm³/mol. The molecule has 0 aliphatic carbocycles. The first kappa shape index (κ1) is 30.3. The Bertz CT molecular complexity index is 1430. The molecule has 40 heavy (non-hydrogen) atoms. The Hall–Kier alpha value is -4.25. The van der Waals surface area contributed by atoms with E-state index in [0.29, 0.717) is 23.8 Å². The third-order valence-electron chi connectivity index (χ3n) is 5.26. The van der Waals surface area contributed by atoms with Gasteiger partial charge in [0.2, 0.25) is 0 Å². The van der Waals surface area contributed by atoms with Crippen LogP contribution in [-0.4, -0.2) is 39.8 Å². The largest absolute Gasteiger partial charge is 0.494 e. The number of hydrogen-bond donors (Lipinski definition) is 2. The number of unbranched alkanes of at least 4 members (excludes halogenated alkanes) is 1. The van der Waals surface area contributed by atoms with Crippen LogP contribution in [-0.2, 0) is 19.5 Å². The van der Waals surface area contributed by atoms with Gasteiger partial charge in [-0.1, -0.05) is 19.4 Å². The van der Waals surface area contributed by atoms with Crippen LogP contribution in [0.2, 0.25) is 0 Å². The van der Waals surface area contributed by atoms with Crippen LogP contribution in [0.1, 0.15) is 50.9 Å². The van der Waals surface area contributed by atoms with Gasteiger partial charge in [0.25, 0.3) is 10.0 Å². The van der Waals surface area contributed by atoms with E-state index < -0.39 is 27.7 Å². The maximum absolute atomic E-state index is 13.0. The van der Waals surface area contributed by atoms with Crippen LogP contribution in [0.5, 0.6) is 17.2 Å². The molecule has 0 fully saturated rings. The zero-order valence-corrected chi connectivity index (χ0v) is 24.0. The molecule has 2 N–H and O–H groups in total. The van der Waals surface area contributed by atoms with Crippen molar-refractivity contribution in [2.24, 2.45) is 0 Å². The molecule has 0 saturated heterocycles. The molecule has 0 aromatic heterocycles. The fourth-order valence-electron chi connectivity index (χ4n) is 3.40. The fourth-order valence-corrected chi connectivity index (χ4v) is 4.48. The molecular weight excluding hydrogens is 536 g/mol. The van der Waals surface area contributed by atoms with Gasteiger partial charge in [0.1, 0.15) is 22.8 Å². The minimum atomic E-state index is -4.03. The number of benzene rings is 3. The maximum atomic E-state index is 13.0. The molecular formula is C29H34N2O8S. The van der Waals surface area contributed by atoms with Crippen LogP contribution in [0.25, 0.3) is 0 Å². The van der Waals surface area contributed by atoms with Crippen LogP contribution in [0, 0.1) is 0 Å². The Balaban J connectivity index is 1.78. The molecule has 1 amide bonds. The average molecular weight is 571 g/mol. The number of esters is 1. The number of carbonyl (C=O) groups is 2. The number of methoxy groups -OCH3 is 1. The van der Waals surface area contributed by atoms with E-state index in [0.717, 1.165) is 12.8 Å². The monoisotopic (exact) mass is 570 g/mol. The summed E-state index contributed by atoms with van der Waals surface area (Å²) in [6.07, 6.45) is 1.26. The SMILES string of the molecule is CCCCOc1ccc(S(=O)(=O)Nc2ccc(Oc3cccc(NC(=O)OC(C)(C)C)c3)cc2C(=O)OC)cc1. The zero-order valence-electron chi connectivity index (χ0n) is 23.1. The van der Waals surface area contributed by atoms with Gasteiger partial charge in [0, 0.05) is 11.8 Å². The summed E-state index contributed by atoms with van der Waals surface area (Å²) < 4.78 is 50.1. The van der Waals surface area contributed by atoms with E-state index in [1.807, 2.05) is 0 Å². The third kappa shape index (κ3) is 8.91. The highest BCUT2D eigenvalue weighted by molar-refractivity contribution is 7.92. The Morgan fingerprint density at radius 3 is 2.23 bits per heavy atom. The molecule has 0 saturated carbocycles. The lowest BCUT2D eigenvalue weighted by Gasteiger charge is -2.19. The molecule has 3 rings (SSSR count). The highest BCUT2D eigenvalue weighted by atomic mass is 32.2. The summed E-state index contributed by atoms with van der Waals surface area (Å²) in [5, 5.41) is 2.63. The molecule has 0 atom stereocenters. The van der Waals surface area contributed by atoms with Crippen LogP contribution in [0.4, 0.5) is 16.2 Å². The van der Waals surface area contributed by atoms with Gasteiger partial charge in [-0.05, 0) is 81.8 Å². The number of anilines is 2. The third-order valence-corrected chi connectivity index (χ3v) is 6.64. The van der Waals surface area contributed by atoms with Crippen molar-refractivity contribution in [3.8, 4) is 17.2 Å². The van der Waals surface area contributed by atoms with Gasteiger partial charge in [0.05, 0.1) is 29.9 Å². The lowest BCUT2D eigenvalue weighted by molar-refractivity contribution is 0.0599. The fraction of sp³-hybridized carbons (Fsp3) is 0.310. The van der Waals surface area contributed by atoms with Crippen molar-refractivity contribution in [3.05, 3.63) is 72.3 Å². The summed E-state index contributed by atoms with van der Waals surface area (Å²) in [5.74, 6) is 0.406. The molecule has 0 aliphatic rings. The van der Waals surface area contributed by atoms with Crippen LogP contribution >= 0.6 is 0 Å². The summed E-state index contributed by atoms with van der Waals surface area (Å²) in [5.41, 5.74) is -0.252. The molecule has 0 unspecified atom stereocenters. The van der Waals surface area contributed by atoms with Crippen LogP contribution in [0.3, 0.4) is 0 Å². The van der Waals surface area contributed by atoms with Crippen molar-refractivity contribution >= 4 is 33.5 Å². The summed E-state index contributed by atoms with van der Waals surface area (Å²) >= 11 is 0. The predicted octanol–water partition coefficient (Wildman–Crippen LogP) is 6.59. The van der Waals surface area contributed by atoms with E-state index in [2.05, 4.69) is 17.0 Å². The van der Waals surface area contributed by atoms with Crippen molar-refractivity contribution < 1.29 is 37.0 Å². The number of ether oxygens (including phenoxy) is 4. The normalized spacial score (nSPS) is 11.3. The van der Waals surface area contributed by atoms with Crippen LogP contribution in [0.15, 0.2) is 71.6 Å². The molecule has 0 bridgehead atoms. The minimum Gasteiger partial charge on any atom is -0.494 e. The lowest BCUT2D eigenvalue weighted by atomic mass is 10.1. The molecule has 0 heterocycles. The van der Waals surface area contributed by atoms with Gasteiger partial charge in [-0.2, -0.15) is 0 Å². The van der Waals surface area contributed by atoms with Crippen molar-refractivity contribution in [3.63, 3.8) is 0 Å². The molecule has 0 radical (unpaired) electrons. The average Bonchev–Trinajstić information content (AvgIpc) is 2.88. The van der Waals surface area contributed by atoms with E-state index in [1.165, 1.54) is 37.4 Å². The summed E-state index contributed by atoms with van der Waals surface area (Å²) in [7, 11) is -2.84. The highest BCUT2D eigenvalue weighted by Gasteiger charge is 2.21. The van der Waals surface area contributed by atoms with Gasteiger partial charge < -0.3 is 18.9 Å². The zero-order chi connectivity index (χ0) is 29.3. The molecule has 214 valence electrons. The topological polar surface area (TPSA) is 129 Å².